The van der Waals surface area contributed by atoms with Crippen LogP contribution in [0.3, 0.4) is 0 Å². The van der Waals surface area contributed by atoms with E-state index in [-0.39, 0.29) is 0 Å². The Bertz CT molecular complexity index is 537. The molecule has 0 aliphatic heterocycles. The Balaban J connectivity index is 2.68. The SMILES string of the molecule is c1ncc2c(n1)oc1nc[nH]c12. The molecule has 0 saturated heterocycles. The van der Waals surface area contributed by atoms with Gasteiger partial charge in [0.1, 0.15) is 11.8 Å². The van der Waals surface area contributed by atoms with Gasteiger partial charge in [-0.05, 0) is 0 Å². The molecule has 1 N–H and O–H groups in total. The number of nitrogens with one attached hydrogen (secondary N) is 1. The van der Waals surface area contributed by atoms with Gasteiger partial charge < -0.3 is 9.40 Å². The van der Waals surface area contributed by atoms with Crippen LogP contribution in [0.2, 0.25) is 0 Å². The number of furan rings is 1. The van der Waals surface area contributed by atoms with Crippen molar-refractivity contribution in [2.24, 2.45) is 0 Å². The fraction of sp³-hybridized carbons (Fsp3) is 0. The van der Waals surface area contributed by atoms with Crippen LogP contribution in [-0.2, 0) is 0 Å². The van der Waals surface area contributed by atoms with E-state index >= 15 is 0 Å². The standard InChI is InChI=1S/C7H4N4O/c1-4-5-7(11-3-9-5)12-6(4)10-2-8-1/h1-3H,(H,9,11). The summed E-state index contributed by atoms with van der Waals surface area (Å²) in [7, 11) is 0. The third-order valence-corrected chi connectivity index (χ3v) is 1.74. The molecule has 0 amide bonds. The molecule has 0 aliphatic carbocycles. The van der Waals surface area contributed by atoms with Crippen molar-refractivity contribution in [3.8, 4) is 0 Å². The Morgan fingerprint density at radius 3 is 3.25 bits per heavy atom. The molecule has 5 heteroatoms. The Kier molecular flexibility index (Phi) is 0.864. The number of hydrogen-bond donors (Lipinski definition) is 1. The molecule has 0 aromatic carbocycles. The molecule has 12 heavy (non-hydrogen) atoms. The van der Waals surface area contributed by atoms with Crippen molar-refractivity contribution in [2.75, 3.05) is 0 Å². The molecule has 0 bridgehead atoms. The van der Waals surface area contributed by atoms with Gasteiger partial charge in [0.2, 0.25) is 11.4 Å². The normalized spacial score (nSPS) is 11.3. The van der Waals surface area contributed by atoms with Gasteiger partial charge in [-0.1, -0.05) is 0 Å². The third kappa shape index (κ3) is 0.554. The van der Waals surface area contributed by atoms with Gasteiger partial charge in [-0.2, -0.15) is 0 Å². The molecule has 0 radical (unpaired) electrons. The second kappa shape index (κ2) is 1.82. The number of aromatic nitrogens is 4. The first-order chi connectivity index (χ1) is 5.95. The van der Waals surface area contributed by atoms with E-state index in [1.807, 2.05) is 0 Å². The molecule has 0 atom stereocenters. The van der Waals surface area contributed by atoms with Gasteiger partial charge in [0.15, 0.2) is 0 Å². The maximum absolute atomic E-state index is 5.30. The van der Waals surface area contributed by atoms with Crippen LogP contribution < -0.4 is 0 Å². The highest BCUT2D eigenvalue weighted by atomic mass is 16.3. The monoisotopic (exact) mass is 160 g/mol. The van der Waals surface area contributed by atoms with E-state index < -0.39 is 0 Å². The van der Waals surface area contributed by atoms with Gasteiger partial charge in [-0.3, -0.25) is 0 Å². The van der Waals surface area contributed by atoms with E-state index in [1.165, 1.54) is 6.33 Å². The average Bonchev–Trinajstić information content (AvgIpc) is 2.62. The minimum Gasteiger partial charge on any atom is -0.418 e. The number of H-pyrrole nitrogens is 1. The minimum absolute atomic E-state index is 0.569. The number of aromatic amines is 1. The van der Waals surface area contributed by atoms with E-state index in [4.69, 9.17) is 4.42 Å². The van der Waals surface area contributed by atoms with E-state index in [0.29, 0.717) is 11.4 Å². The first-order valence-corrected chi connectivity index (χ1v) is 3.47. The minimum atomic E-state index is 0.569. The summed E-state index contributed by atoms with van der Waals surface area (Å²) >= 11 is 0. The zero-order valence-electron chi connectivity index (χ0n) is 5.98. The molecule has 5 nitrogen and oxygen atoms in total. The highest BCUT2D eigenvalue weighted by Gasteiger charge is 2.08. The molecule has 0 aliphatic rings. The number of rotatable bonds is 0. The summed E-state index contributed by atoms with van der Waals surface area (Å²) in [6, 6.07) is 0. The van der Waals surface area contributed by atoms with Crippen LogP contribution in [0.1, 0.15) is 0 Å². The quantitative estimate of drug-likeness (QED) is 0.534. The molecule has 0 saturated carbocycles. The largest absolute Gasteiger partial charge is 0.418 e. The molecule has 0 fully saturated rings. The Labute approximate surface area is 66.5 Å². The lowest BCUT2D eigenvalue weighted by atomic mass is 10.4. The highest BCUT2D eigenvalue weighted by Crippen LogP contribution is 2.22. The second-order valence-electron chi connectivity index (χ2n) is 2.43. The van der Waals surface area contributed by atoms with Crippen molar-refractivity contribution < 1.29 is 4.42 Å². The summed E-state index contributed by atoms with van der Waals surface area (Å²) < 4.78 is 5.30. The average molecular weight is 160 g/mol. The van der Waals surface area contributed by atoms with Gasteiger partial charge in [0, 0.05) is 6.20 Å². The van der Waals surface area contributed by atoms with Crippen LogP contribution in [0.4, 0.5) is 0 Å². The molecular weight excluding hydrogens is 156 g/mol. The van der Waals surface area contributed by atoms with Crippen molar-refractivity contribution in [1.29, 1.82) is 0 Å². The van der Waals surface area contributed by atoms with E-state index in [1.54, 1.807) is 12.5 Å². The van der Waals surface area contributed by atoms with Crippen molar-refractivity contribution in [1.82, 2.24) is 19.9 Å². The van der Waals surface area contributed by atoms with Gasteiger partial charge in [0.25, 0.3) is 0 Å². The second-order valence-corrected chi connectivity index (χ2v) is 2.43. The summed E-state index contributed by atoms with van der Waals surface area (Å²) in [6.07, 6.45) is 4.73. The van der Waals surface area contributed by atoms with Crippen molar-refractivity contribution in [3.63, 3.8) is 0 Å². The predicted molar refractivity (Wildman–Crippen MR) is 41.5 cm³/mol. The van der Waals surface area contributed by atoms with Gasteiger partial charge >= 0.3 is 0 Å². The third-order valence-electron chi connectivity index (χ3n) is 1.74. The van der Waals surface area contributed by atoms with Gasteiger partial charge in [-0.15, -0.1) is 0 Å². The van der Waals surface area contributed by atoms with Crippen LogP contribution in [0.15, 0.2) is 23.3 Å². The number of fused-ring (bicyclic) bond motifs is 3. The van der Waals surface area contributed by atoms with E-state index in [0.717, 1.165) is 10.9 Å². The fourth-order valence-electron chi connectivity index (χ4n) is 1.21. The number of imidazole rings is 1. The van der Waals surface area contributed by atoms with Crippen LogP contribution >= 0.6 is 0 Å². The molecule has 3 heterocycles. The summed E-state index contributed by atoms with van der Waals surface area (Å²) in [4.78, 5) is 14.8. The first kappa shape index (κ1) is 5.70. The highest BCUT2D eigenvalue weighted by molar-refractivity contribution is 5.98. The molecule has 58 valence electrons. The van der Waals surface area contributed by atoms with E-state index in [2.05, 4.69) is 19.9 Å². The Morgan fingerprint density at radius 2 is 2.25 bits per heavy atom. The summed E-state index contributed by atoms with van der Waals surface area (Å²) in [5.41, 5.74) is 2.00. The zero-order valence-corrected chi connectivity index (χ0v) is 5.98. The summed E-state index contributed by atoms with van der Waals surface area (Å²) in [5.74, 6) is 0. The van der Waals surface area contributed by atoms with Crippen LogP contribution in [0.25, 0.3) is 22.3 Å². The Morgan fingerprint density at radius 1 is 1.25 bits per heavy atom. The van der Waals surface area contributed by atoms with Crippen molar-refractivity contribution in [2.45, 2.75) is 0 Å². The van der Waals surface area contributed by atoms with Crippen LogP contribution in [-0.4, -0.2) is 19.9 Å². The lowest BCUT2D eigenvalue weighted by Gasteiger charge is -1.82. The van der Waals surface area contributed by atoms with Gasteiger partial charge in [-0.25, -0.2) is 15.0 Å². The summed E-state index contributed by atoms with van der Waals surface area (Å²) in [5, 5.41) is 0.866. The molecule has 0 unspecified atom stereocenters. The van der Waals surface area contributed by atoms with Crippen molar-refractivity contribution in [3.05, 3.63) is 18.9 Å². The topological polar surface area (TPSA) is 67.6 Å². The fourth-order valence-corrected chi connectivity index (χ4v) is 1.21. The van der Waals surface area contributed by atoms with Crippen LogP contribution in [0, 0.1) is 0 Å². The maximum atomic E-state index is 5.30. The van der Waals surface area contributed by atoms with Gasteiger partial charge in [0.05, 0.1) is 11.7 Å². The van der Waals surface area contributed by atoms with Crippen molar-refractivity contribution >= 4 is 22.3 Å². The lowest BCUT2D eigenvalue weighted by molar-refractivity contribution is 0.640. The molecule has 3 rings (SSSR count). The molecule has 3 aromatic rings. The number of nitrogens with zero attached hydrogens (tertiary/aromatic N) is 3. The lowest BCUT2D eigenvalue weighted by Crippen LogP contribution is -1.74. The number of hydrogen-bond acceptors (Lipinski definition) is 4. The first-order valence-electron chi connectivity index (χ1n) is 3.47. The van der Waals surface area contributed by atoms with E-state index in [9.17, 15) is 0 Å². The zero-order chi connectivity index (χ0) is 7.97. The predicted octanol–water partition coefficient (Wildman–Crippen LogP) is 1.10. The maximum Gasteiger partial charge on any atom is 0.247 e. The Hall–Kier alpha value is -1.91. The van der Waals surface area contributed by atoms with Crippen LogP contribution in [0.5, 0.6) is 0 Å². The molecule has 0 spiro atoms. The molecule has 3 aromatic heterocycles. The molecular formula is C7H4N4O. The smallest absolute Gasteiger partial charge is 0.247 e. The summed E-state index contributed by atoms with van der Waals surface area (Å²) in [6.45, 7) is 0.